The zero-order valence-corrected chi connectivity index (χ0v) is 10.2. The van der Waals surface area contributed by atoms with Gasteiger partial charge >= 0.3 is 7.60 Å². The van der Waals surface area contributed by atoms with Crippen molar-refractivity contribution in [2.75, 3.05) is 26.1 Å². The molecular formula is C8H19O3PS. The van der Waals surface area contributed by atoms with Gasteiger partial charge in [0.15, 0.2) is 0 Å². The third-order valence-electron chi connectivity index (χ3n) is 1.71. The van der Waals surface area contributed by atoms with Crippen molar-refractivity contribution in [2.45, 2.75) is 25.7 Å². The molecule has 0 fully saturated rings. The van der Waals surface area contributed by atoms with E-state index >= 15 is 0 Å². The first-order chi connectivity index (χ1) is 6.12. The Balaban J connectivity index is 3.21. The summed E-state index contributed by atoms with van der Waals surface area (Å²) in [5.41, 5.74) is 0. The second-order valence-corrected chi connectivity index (χ2v) is 5.54. The van der Waals surface area contributed by atoms with Crippen LogP contribution in [0.2, 0.25) is 0 Å². The van der Waals surface area contributed by atoms with Crippen LogP contribution in [0.5, 0.6) is 0 Å². The lowest BCUT2D eigenvalue weighted by molar-refractivity contribution is 0.233. The van der Waals surface area contributed by atoms with E-state index in [1.54, 1.807) is 0 Å². The molecule has 0 aromatic heterocycles. The summed E-state index contributed by atoms with van der Waals surface area (Å²) in [6.45, 7) is 2.01. The second kappa shape index (κ2) is 7.86. The predicted molar refractivity (Wildman–Crippen MR) is 58.8 cm³/mol. The standard InChI is InChI=1S/C8H19O3PS/c1-10-12(2,9)11-7-5-3-4-6-8-13/h13H,3-8H2,1-2H3. The monoisotopic (exact) mass is 226 g/mol. The Bertz CT molecular complexity index is 163. The van der Waals surface area contributed by atoms with Crippen molar-refractivity contribution in [3.63, 3.8) is 0 Å². The Morgan fingerprint density at radius 1 is 1.23 bits per heavy atom. The molecule has 1 atom stereocenters. The molecule has 1 unspecified atom stereocenters. The molecule has 0 aliphatic rings. The number of hydrogen-bond acceptors (Lipinski definition) is 4. The fraction of sp³-hybridized carbons (Fsp3) is 1.00. The molecular weight excluding hydrogens is 207 g/mol. The zero-order valence-electron chi connectivity index (χ0n) is 8.36. The maximum Gasteiger partial charge on any atom is 0.327 e. The third kappa shape index (κ3) is 8.82. The van der Waals surface area contributed by atoms with Crippen LogP contribution in [-0.2, 0) is 13.6 Å². The molecule has 0 aliphatic carbocycles. The Hall–Kier alpha value is 0.500. The molecule has 5 heteroatoms. The Kier molecular flexibility index (Phi) is 8.17. The highest BCUT2D eigenvalue weighted by Crippen LogP contribution is 2.42. The van der Waals surface area contributed by atoms with Crippen LogP contribution in [-0.4, -0.2) is 26.1 Å². The number of hydrogen-bond donors (Lipinski definition) is 1. The van der Waals surface area contributed by atoms with E-state index in [9.17, 15) is 4.57 Å². The summed E-state index contributed by atoms with van der Waals surface area (Å²) in [7, 11) is -1.34. The van der Waals surface area contributed by atoms with Gasteiger partial charge in [-0.15, -0.1) is 0 Å². The fourth-order valence-electron chi connectivity index (χ4n) is 0.850. The van der Waals surface area contributed by atoms with Gasteiger partial charge in [0, 0.05) is 13.8 Å². The Labute approximate surface area is 86.1 Å². The first kappa shape index (κ1) is 13.5. The summed E-state index contributed by atoms with van der Waals surface area (Å²) in [4.78, 5) is 0. The molecule has 3 nitrogen and oxygen atoms in total. The van der Waals surface area contributed by atoms with Gasteiger partial charge in [0.05, 0.1) is 6.61 Å². The van der Waals surface area contributed by atoms with Crippen molar-refractivity contribution in [3.8, 4) is 0 Å². The normalized spacial score (nSPS) is 15.6. The van der Waals surface area contributed by atoms with Gasteiger partial charge in [-0.1, -0.05) is 12.8 Å². The van der Waals surface area contributed by atoms with Crippen LogP contribution in [0.25, 0.3) is 0 Å². The van der Waals surface area contributed by atoms with E-state index in [2.05, 4.69) is 17.2 Å². The average Bonchev–Trinajstić information content (AvgIpc) is 2.11. The van der Waals surface area contributed by atoms with Gasteiger partial charge in [-0.05, 0) is 18.6 Å². The van der Waals surface area contributed by atoms with E-state index in [1.807, 2.05) is 0 Å². The quantitative estimate of drug-likeness (QED) is 0.392. The third-order valence-corrected chi connectivity index (χ3v) is 3.34. The molecule has 0 spiro atoms. The van der Waals surface area contributed by atoms with Gasteiger partial charge in [-0.3, -0.25) is 4.57 Å². The van der Waals surface area contributed by atoms with Crippen molar-refractivity contribution >= 4 is 20.2 Å². The van der Waals surface area contributed by atoms with Crippen LogP contribution in [0.3, 0.4) is 0 Å². The van der Waals surface area contributed by atoms with Crippen LogP contribution in [0.4, 0.5) is 0 Å². The second-order valence-electron chi connectivity index (χ2n) is 2.92. The maximum atomic E-state index is 11.2. The molecule has 0 aromatic carbocycles. The summed E-state index contributed by atoms with van der Waals surface area (Å²) < 4.78 is 21.0. The molecule has 0 amide bonds. The van der Waals surface area contributed by atoms with Gasteiger partial charge in [0.25, 0.3) is 0 Å². The van der Waals surface area contributed by atoms with Crippen molar-refractivity contribution in [1.82, 2.24) is 0 Å². The summed E-state index contributed by atoms with van der Waals surface area (Å²) in [6.07, 6.45) is 4.34. The first-order valence-corrected chi connectivity index (χ1v) is 7.13. The summed E-state index contributed by atoms with van der Waals surface area (Å²) in [5, 5.41) is 0. The van der Waals surface area contributed by atoms with Crippen LogP contribution in [0.1, 0.15) is 25.7 Å². The minimum atomic E-state index is -2.74. The van der Waals surface area contributed by atoms with Crippen LogP contribution in [0.15, 0.2) is 0 Å². The summed E-state index contributed by atoms with van der Waals surface area (Å²) >= 11 is 4.11. The first-order valence-electron chi connectivity index (χ1n) is 4.51. The van der Waals surface area contributed by atoms with E-state index in [0.717, 1.165) is 31.4 Å². The highest BCUT2D eigenvalue weighted by Gasteiger charge is 2.12. The van der Waals surface area contributed by atoms with E-state index < -0.39 is 7.60 Å². The van der Waals surface area contributed by atoms with Crippen LogP contribution >= 0.6 is 20.2 Å². The zero-order chi connectivity index (χ0) is 10.2. The van der Waals surface area contributed by atoms with E-state index in [1.165, 1.54) is 13.8 Å². The highest BCUT2D eigenvalue weighted by atomic mass is 32.1. The van der Waals surface area contributed by atoms with Crippen LogP contribution in [0, 0.1) is 0 Å². The van der Waals surface area contributed by atoms with Gasteiger partial charge in [-0.2, -0.15) is 12.6 Å². The molecule has 0 aliphatic heterocycles. The Morgan fingerprint density at radius 3 is 2.38 bits per heavy atom. The van der Waals surface area contributed by atoms with Crippen LogP contribution < -0.4 is 0 Å². The Morgan fingerprint density at radius 2 is 1.85 bits per heavy atom. The SMILES string of the molecule is COP(C)(=O)OCCCCCCS. The molecule has 0 bridgehead atoms. The van der Waals surface area contributed by atoms with Crippen molar-refractivity contribution in [3.05, 3.63) is 0 Å². The van der Waals surface area contributed by atoms with E-state index in [-0.39, 0.29) is 0 Å². The molecule has 0 radical (unpaired) electrons. The maximum absolute atomic E-state index is 11.2. The number of thiol groups is 1. The lowest BCUT2D eigenvalue weighted by Crippen LogP contribution is -1.94. The van der Waals surface area contributed by atoms with Gasteiger partial charge in [0.2, 0.25) is 0 Å². The molecule has 0 heterocycles. The molecule has 0 rings (SSSR count). The van der Waals surface area contributed by atoms with Gasteiger partial charge < -0.3 is 9.05 Å². The predicted octanol–water partition coefficient (Wildman–Crippen LogP) is 2.96. The number of unbranched alkanes of at least 4 members (excludes halogenated alkanes) is 3. The molecule has 13 heavy (non-hydrogen) atoms. The van der Waals surface area contributed by atoms with E-state index in [4.69, 9.17) is 4.52 Å². The van der Waals surface area contributed by atoms with Gasteiger partial charge in [-0.25, -0.2) is 0 Å². The fourth-order valence-corrected chi connectivity index (χ4v) is 1.64. The van der Waals surface area contributed by atoms with Crippen molar-refractivity contribution in [2.24, 2.45) is 0 Å². The van der Waals surface area contributed by atoms with Crippen molar-refractivity contribution < 1.29 is 13.6 Å². The lowest BCUT2D eigenvalue weighted by atomic mass is 10.2. The summed E-state index contributed by atoms with van der Waals surface area (Å²) in [6, 6.07) is 0. The molecule has 0 saturated carbocycles. The topological polar surface area (TPSA) is 35.5 Å². The molecule has 80 valence electrons. The minimum Gasteiger partial charge on any atom is -0.312 e. The highest BCUT2D eigenvalue weighted by molar-refractivity contribution is 7.80. The summed E-state index contributed by atoms with van der Waals surface area (Å²) in [5.74, 6) is 0.936. The van der Waals surface area contributed by atoms with Crippen molar-refractivity contribution in [1.29, 1.82) is 0 Å². The molecule has 0 aromatic rings. The molecule has 0 N–H and O–H groups in total. The minimum absolute atomic E-state index is 0.522. The van der Waals surface area contributed by atoms with Gasteiger partial charge in [0.1, 0.15) is 0 Å². The number of rotatable bonds is 8. The van der Waals surface area contributed by atoms with E-state index in [0.29, 0.717) is 6.61 Å². The smallest absolute Gasteiger partial charge is 0.312 e. The largest absolute Gasteiger partial charge is 0.327 e. The molecule has 0 saturated heterocycles. The lowest BCUT2D eigenvalue weighted by Gasteiger charge is -2.10. The average molecular weight is 226 g/mol.